The highest BCUT2D eigenvalue weighted by Gasteiger charge is 2.19. The first-order valence-electron chi connectivity index (χ1n) is 7.68. The minimum atomic E-state index is -0.348. The summed E-state index contributed by atoms with van der Waals surface area (Å²) in [6.45, 7) is 4.20. The lowest BCUT2D eigenvalue weighted by atomic mass is 10.2. The van der Waals surface area contributed by atoms with Crippen molar-refractivity contribution >= 4 is 11.5 Å². The Labute approximate surface area is 138 Å². The normalized spacial score (nSPS) is 11.5. The Hall–Kier alpha value is -2.48. The number of hydrogen-bond acceptors (Lipinski definition) is 6. The Morgan fingerprint density at radius 3 is 2.87 bits per heavy atom. The highest BCUT2D eigenvalue weighted by Crippen LogP contribution is 2.25. The lowest BCUT2D eigenvalue weighted by Crippen LogP contribution is -2.23. The van der Waals surface area contributed by atoms with Crippen molar-refractivity contribution < 1.29 is 6.11 Å². The van der Waals surface area contributed by atoms with Crippen LogP contribution in [0.4, 0.5) is 0 Å². The van der Waals surface area contributed by atoms with Gasteiger partial charge in [-0.25, -0.2) is 4.79 Å². The molecule has 3 rings (SSSR count). The van der Waals surface area contributed by atoms with E-state index in [9.17, 15) is 4.79 Å². The predicted molar refractivity (Wildman–Crippen MR) is 87.2 cm³/mol. The van der Waals surface area contributed by atoms with Gasteiger partial charge in [-0.05, 0) is 46.9 Å². The van der Waals surface area contributed by atoms with Gasteiger partial charge in [0, 0.05) is 17.5 Å². The van der Waals surface area contributed by atoms with E-state index in [4.69, 9.17) is 6.11 Å². The molecule has 0 amide bonds. The van der Waals surface area contributed by atoms with Gasteiger partial charge in [0.25, 0.3) is 0 Å². The van der Waals surface area contributed by atoms with E-state index in [0.29, 0.717) is 17.6 Å². The molecule has 0 aliphatic heterocycles. The summed E-state index contributed by atoms with van der Waals surface area (Å²) in [5.74, 6) is 1.17. The van der Waals surface area contributed by atoms with Crippen LogP contribution in [0.15, 0.2) is 29.0 Å². The van der Waals surface area contributed by atoms with Gasteiger partial charge in [0.2, 0.25) is 0 Å². The van der Waals surface area contributed by atoms with Crippen molar-refractivity contribution in [2.24, 2.45) is 7.05 Å². The first-order chi connectivity index (χ1) is 11.5. The highest BCUT2D eigenvalue weighted by atomic mass is 32.1. The van der Waals surface area contributed by atoms with Gasteiger partial charge >= 0.3 is 5.69 Å². The van der Waals surface area contributed by atoms with Crippen molar-refractivity contribution in [1.29, 1.82) is 0 Å². The van der Waals surface area contributed by atoms with E-state index < -0.39 is 0 Å². The first-order valence-corrected chi connectivity index (χ1v) is 7.95. The molecular formula is C15H17N5O2S. The Kier molecular flexibility index (Phi) is 3.89. The van der Waals surface area contributed by atoms with Crippen LogP contribution >= 0.6 is 11.5 Å². The zero-order chi connectivity index (χ0) is 17.3. The summed E-state index contributed by atoms with van der Waals surface area (Å²) >= 11 is 1.33. The smallest absolute Gasteiger partial charge is 0.369 e. The molecule has 0 atom stereocenters. The number of para-hydroxylation sites is 1. The third-order valence-electron chi connectivity index (χ3n) is 3.48. The number of benzene rings is 1. The van der Waals surface area contributed by atoms with E-state index in [1.165, 1.54) is 16.2 Å². The van der Waals surface area contributed by atoms with Crippen LogP contribution in [-0.4, -0.2) is 24.2 Å². The fraction of sp³-hybridized carbons (Fsp3) is 0.333. The van der Waals surface area contributed by atoms with Gasteiger partial charge in [0.15, 0.2) is 5.82 Å². The Morgan fingerprint density at radius 2 is 2.22 bits per heavy atom. The van der Waals surface area contributed by atoms with Gasteiger partial charge in [-0.15, -0.1) is 4.68 Å². The second kappa shape index (κ2) is 6.33. The fourth-order valence-corrected chi connectivity index (χ4v) is 2.95. The summed E-state index contributed by atoms with van der Waals surface area (Å²) in [6, 6.07) is 5.65. The molecule has 0 saturated heterocycles. The Balaban J connectivity index is 1.94. The van der Waals surface area contributed by atoms with Gasteiger partial charge in [-0.2, -0.15) is 9.06 Å². The van der Waals surface area contributed by atoms with Crippen LogP contribution in [0.25, 0.3) is 5.82 Å². The maximum atomic E-state index is 12.1. The molecule has 0 saturated carbocycles. The molecule has 0 bridgehead atoms. The monoisotopic (exact) mass is 333 g/mol. The fourth-order valence-electron chi connectivity index (χ4n) is 2.18. The molecule has 8 heteroatoms. The van der Waals surface area contributed by atoms with Crippen molar-refractivity contribution in [2.45, 2.75) is 26.9 Å². The number of aromatic nitrogens is 5. The molecule has 0 aliphatic carbocycles. The second-order valence-electron chi connectivity index (χ2n) is 5.04. The van der Waals surface area contributed by atoms with E-state index >= 15 is 0 Å². The average molecular weight is 333 g/mol. The molecule has 7 nitrogen and oxygen atoms in total. The molecule has 23 heavy (non-hydrogen) atoms. The minimum Gasteiger partial charge on any atom is -0.488 e. The van der Waals surface area contributed by atoms with E-state index in [1.54, 1.807) is 25.2 Å². The molecule has 1 aromatic carbocycles. The lowest BCUT2D eigenvalue weighted by molar-refractivity contribution is 0.302. The second-order valence-corrected chi connectivity index (χ2v) is 5.90. The van der Waals surface area contributed by atoms with Crippen LogP contribution in [0.2, 0.25) is 0 Å². The third kappa shape index (κ3) is 2.89. The van der Waals surface area contributed by atoms with Crippen molar-refractivity contribution in [3.05, 3.63) is 50.7 Å². The first kappa shape index (κ1) is 14.1. The molecular weight excluding hydrogens is 314 g/mol. The molecule has 0 spiro atoms. The zero-order valence-corrected chi connectivity index (χ0v) is 13.9. The van der Waals surface area contributed by atoms with E-state index in [1.807, 2.05) is 13.8 Å². The highest BCUT2D eigenvalue weighted by molar-refractivity contribution is 7.06. The topological polar surface area (TPSA) is 74.8 Å². The van der Waals surface area contributed by atoms with Crippen molar-refractivity contribution in [3.8, 4) is 11.6 Å². The Morgan fingerprint density at radius 1 is 1.39 bits per heavy atom. The van der Waals surface area contributed by atoms with Crippen LogP contribution < -0.4 is 10.4 Å². The number of ether oxygens (including phenoxy) is 1. The summed E-state index contributed by atoms with van der Waals surface area (Å²) in [5, 5.41) is 7.59. The largest absolute Gasteiger partial charge is 0.488 e. The summed E-state index contributed by atoms with van der Waals surface area (Å²) < 4.78 is 20.2. The van der Waals surface area contributed by atoms with E-state index in [2.05, 4.69) is 14.8 Å². The number of aryl methyl sites for hydroxylation is 3. The molecule has 0 unspecified atom stereocenters. The molecule has 0 fully saturated rings. The minimum absolute atomic E-state index is 0.274. The molecule has 0 N–H and O–H groups in total. The van der Waals surface area contributed by atoms with Crippen molar-refractivity contribution in [2.75, 3.05) is 0 Å². The maximum Gasteiger partial charge on any atom is 0.369 e. The molecule has 3 aromatic rings. The number of rotatable bonds is 5. The predicted octanol–water partition coefficient (Wildman–Crippen LogP) is 1.87. The van der Waals surface area contributed by atoms with Gasteiger partial charge in [-0.1, -0.05) is 25.1 Å². The van der Waals surface area contributed by atoms with Crippen LogP contribution in [0.1, 0.15) is 24.3 Å². The molecule has 2 aromatic heterocycles. The van der Waals surface area contributed by atoms with Gasteiger partial charge in [0.05, 0.1) is 1.37 Å². The van der Waals surface area contributed by atoms with Crippen LogP contribution in [0.5, 0.6) is 5.75 Å². The summed E-state index contributed by atoms with van der Waals surface area (Å²) in [4.78, 5) is 13.1. The SMILES string of the molecule is [3H]c1ccc(OCc2c(-n3nnn(C)c3=O)nsc2CC)c(C)c1. The standard InChI is InChI=1S/C15H17N5O2S/c1-4-13-11(9-22-12-8-6-5-7-10(12)2)14(16-23-13)20-15(21)19(3)17-18-20/h5-8H,4,9H2,1-3H3/i5T. The van der Waals surface area contributed by atoms with E-state index in [-0.39, 0.29) is 12.3 Å². The number of hydrogen-bond donors (Lipinski definition) is 0. The molecule has 0 aliphatic rings. The summed E-state index contributed by atoms with van der Waals surface area (Å²) in [7, 11) is 1.54. The zero-order valence-electron chi connectivity index (χ0n) is 14.1. The third-order valence-corrected chi connectivity index (χ3v) is 4.50. The average Bonchev–Trinajstić information content (AvgIpc) is 3.10. The molecule has 0 radical (unpaired) electrons. The number of nitrogens with zero attached hydrogens (tertiary/aromatic N) is 5. The summed E-state index contributed by atoms with van der Waals surface area (Å²) in [6.07, 6.45) is 0.788. The quantitative estimate of drug-likeness (QED) is 0.712. The van der Waals surface area contributed by atoms with Crippen LogP contribution in [0, 0.1) is 6.92 Å². The molecule has 2 heterocycles. The van der Waals surface area contributed by atoms with Crippen LogP contribution in [-0.2, 0) is 20.1 Å². The lowest BCUT2D eigenvalue weighted by Gasteiger charge is -2.09. The van der Waals surface area contributed by atoms with Gasteiger partial charge in [-0.3, -0.25) is 0 Å². The van der Waals surface area contributed by atoms with Crippen molar-refractivity contribution in [1.82, 2.24) is 24.2 Å². The maximum absolute atomic E-state index is 12.1. The molecule has 120 valence electrons. The number of tetrazole rings is 1. The summed E-state index contributed by atoms with van der Waals surface area (Å²) in [5.41, 5.74) is 1.38. The van der Waals surface area contributed by atoms with Crippen LogP contribution in [0.3, 0.4) is 0 Å². The van der Waals surface area contributed by atoms with Gasteiger partial charge < -0.3 is 4.74 Å². The van der Waals surface area contributed by atoms with Crippen molar-refractivity contribution in [3.63, 3.8) is 0 Å². The Bertz CT molecular complexity index is 930. The van der Waals surface area contributed by atoms with E-state index in [0.717, 1.165) is 27.1 Å². The van der Waals surface area contributed by atoms with Gasteiger partial charge in [0.1, 0.15) is 12.4 Å².